The van der Waals surface area contributed by atoms with Crippen molar-refractivity contribution in [2.45, 2.75) is 0 Å². The first kappa shape index (κ1) is 14.7. The molecule has 0 aliphatic rings. The van der Waals surface area contributed by atoms with Crippen molar-refractivity contribution in [3.63, 3.8) is 0 Å². The van der Waals surface area contributed by atoms with E-state index in [-0.39, 0.29) is 24.8 Å². The summed E-state index contributed by atoms with van der Waals surface area (Å²) in [5.41, 5.74) is 1.21. The van der Waals surface area contributed by atoms with Crippen molar-refractivity contribution < 1.29 is 4.57 Å². The molecule has 1 aromatic carbocycles. The second-order valence-corrected chi connectivity index (χ2v) is 3.05. The van der Waals surface area contributed by atoms with E-state index in [0.717, 1.165) is 0 Å². The van der Waals surface area contributed by atoms with Gasteiger partial charge in [0, 0.05) is 18.2 Å². The number of benzene rings is 1. The summed E-state index contributed by atoms with van der Waals surface area (Å²) in [6, 6.07) is 16.3. The Balaban J connectivity index is 0.00000112. The van der Waals surface area contributed by atoms with Gasteiger partial charge in [0.05, 0.1) is 0 Å². The normalized spacial score (nSPS) is 9.25. The molecule has 0 fully saturated rings. The number of hydrogen-bond donors (Lipinski definition) is 0. The predicted octanol–water partition coefficient (Wildman–Crippen LogP) is 3.45. The largest absolute Gasteiger partial charge is 0.175 e. The Hall–Kier alpha value is -1.31. The smallest absolute Gasteiger partial charge is 0.174 e. The fourth-order valence-electron chi connectivity index (χ4n) is 1.25. The van der Waals surface area contributed by atoms with Crippen LogP contribution < -0.4 is 4.57 Å². The monoisotopic (exact) mass is 254 g/mol. The number of nitrogens with zero attached hydrogens (tertiary/aromatic N) is 1. The Labute approximate surface area is 108 Å². The highest BCUT2D eigenvalue weighted by Crippen LogP contribution is 1.99. The van der Waals surface area contributed by atoms with E-state index in [2.05, 4.69) is 18.2 Å². The lowest BCUT2D eigenvalue weighted by Crippen LogP contribution is -2.23. The van der Waals surface area contributed by atoms with Crippen LogP contribution in [0.3, 0.4) is 0 Å². The Morgan fingerprint density at radius 1 is 0.750 bits per heavy atom. The van der Waals surface area contributed by atoms with Gasteiger partial charge in [-0.2, -0.15) is 4.57 Å². The molecule has 3 heteroatoms. The van der Waals surface area contributed by atoms with E-state index in [1.54, 1.807) is 0 Å². The van der Waals surface area contributed by atoms with Crippen molar-refractivity contribution >= 4 is 37.1 Å². The third kappa shape index (κ3) is 4.47. The van der Waals surface area contributed by atoms with Crippen LogP contribution in [0.15, 0.2) is 60.9 Å². The SMILES string of the molecule is C(=C[n+]1ccccc1)c1ccccc1.Cl.Cl. The van der Waals surface area contributed by atoms with Crippen LogP contribution in [0.5, 0.6) is 0 Å². The Morgan fingerprint density at radius 3 is 1.94 bits per heavy atom. The summed E-state index contributed by atoms with van der Waals surface area (Å²) in [4.78, 5) is 0. The van der Waals surface area contributed by atoms with Gasteiger partial charge in [-0.25, -0.2) is 0 Å². The molecule has 0 aliphatic carbocycles. The van der Waals surface area contributed by atoms with Gasteiger partial charge in [-0.05, 0) is 5.56 Å². The first-order valence-electron chi connectivity index (χ1n) is 4.64. The van der Waals surface area contributed by atoms with Crippen LogP contribution in [-0.4, -0.2) is 0 Å². The van der Waals surface area contributed by atoms with Gasteiger partial charge in [-0.15, -0.1) is 24.8 Å². The maximum Gasteiger partial charge on any atom is 0.175 e. The lowest BCUT2D eigenvalue weighted by atomic mass is 10.2. The Bertz CT molecular complexity index is 371. The summed E-state index contributed by atoms with van der Waals surface area (Å²) >= 11 is 0. The summed E-state index contributed by atoms with van der Waals surface area (Å²) in [6.07, 6.45) is 8.15. The van der Waals surface area contributed by atoms with E-state index in [1.807, 2.05) is 59.6 Å². The quantitative estimate of drug-likeness (QED) is 0.724. The Morgan fingerprint density at radius 2 is 1.31 bits per heavy atom. The number of aromatic nitrogens is 1. The van der Waals surface area contributed by atoms with Crippen LogP contribution in [0.2, 0.25) is 0 Å². The second-order valence-electron chi connectivity index (χ2n) is 3.05. The topological polar surface area (TPSA) is 3.88 Å². The van der Waals surface area contributed by atoms with Gasteiger partial charge >= 0.3 is 0 Å². The highest BCUT2D eigenvalue weighted by Gasteiger charge is 1.89. The van der Waals surface area contributed by atoms with Gasteiger partial charge in [0.15, 0.2) is 18.6 Å². The van der Waals surface area contributed by atoms with Crippen molar-refractivity contribution in [1.82, 2.24) is 0 Å². The molecule has 0 aliphatic heterocycles. The molecule has 2 aromatic rings. The fourth-order valence-corrected chi connectivity index (χ4v) is 1.25. The molecular weight excluding hydrogens is 241 g/mol. The molecule has 1 aromatic heterocycles. The molecule has 0 amide bonds. The zero-order chi connectivity index (χ0) is 9.64. The minimum atomic E-state index is 0. The van der Waals surface area contributed by atoms with E-state index in [0.29, 0.717) is 0 Å². The van der Waals surface area contributed by atoms with Gasteiger partial charge in [0.1, 0.15) is 0 Å². The van der Waals surface area contributed by atoms with Crippen LogP contribution in [0.1, 0.15) is 5.56 Å². The van der Waals surface area contributed by atoms with Crippen LogP contribution in [0.25, 0.3) is 12.3 Å². The van der Waals surface area contributed by atoms with Crippen molar-refractivity contribution in [3.8, 4) is 0 Å². The predicted molar refractivity (Wildman–Crippen MR) is 72.8 cm³/mol. The van der Waals surface area contributed by atoms with Crippen molar-refractivity contribution in [3.05, 3.63) is 66.5 Å². The highest BCUT2D eigenvalue weighted by molar-refractivity contribution is 5.85. The van der Waals surface area contributed by atoms with Gasteiger partial charge in [0.25, 0.3) is 0 Å². The molecule has 2 rings (SSSR count). The van der Waals surface area contributed by atoms with Gasteiger partial charge in [-0.1, -0.05) is 36.4 Å². The first-order chi connectivity index (χ1) is 6.95. The molecule has 84 valence electrons. The average molecular weight is 255 g/mol. The molecule has 16 heavy (non-hydrogen) atoms. The highest BCUT2D eigenvalue weighted by atomic mass is 35.5. The molecule has 0 unspecified atom stereocenters. The number of halogens is 2. The molecule has 0 N–H and O–H groups in total. The van der Waals surface area contributed by atoms with Crippen molar-refractivity contribution in [2.75, 3.05) is 0 Å². The zero-order valence-electron chi connectivity index (χ0n) is 8.69. The second kappa shape index (κ2) is 7.91. The van der Waals surface area contributed by atoms with Crippen LogP contribution in [0.4, 0.5) is 0 Å². The van der Waals surface area contributed by atoms with Crippen LogP contribution in [0, 0.1) is 0 Å². The molecule has 0 atom stereocenters. The summed E-state index contributed by atoms with van der Waals surface area (Å²) in [5, 5.41) is 0. The minimum absolute atomic E-state index is 0. The van der Waals surface area contributed by atoms with Gasteiger partial charge < -0.3 is 0 Å². The first-order valence-corrected chi connectivity index (χ1v) is 4.64. The molecule has 0 saturated carbocycles. The van der Waals surface area contributed by atoms with E-state index in [9.17, 15) is 0 Å². The summed E-state index contributed by atoms with van der Waals surface area (Å²) < 4.78 is 2.02. The Kier molecular flexibility index (Phi) is 7.27. The van der Waals surface area contributed by atoms with Crippen LogP contribution in [-0.2, 0) is 0 Å². The third-order valence-corrected chi connectivity index (χ3v) is 1.98. The summed E-state index contributed by atoms with van der Waals surface area (Å²) in [5.74, 6) is 0. The summed E-state index contributed by atoms with van der Waals surface area (Å²) in [7, 11) is 0. The lowest BCUT2D eigenvalue weighted by Gasteiger charge is -1.88. The standard InChI is InChI=1S/C13H12N.2ClH/c1-3-7-13(8-4-1)9-12-14-10-5-2-6-11-14;;/h1-12H;2*1H/q+1;;. The van der Waals surface area contributed by atoms with Crippen LogP contribution >= 0.6 is 24.8 Å². The van der Waals surface area contributed by atoms with Crippen molar-refractivity contribution in [2.24, 2.45) is 0 Å². The molecule has 0 spiro atoms. The fraction of sp³-hybridized carbons (Fsp3) is 0. The number of hydrogen-bond acceptors (Lipinski definition) is 0. The zero-order valence-corrected chi connectivity index (χ0v) is 10.3. The molecule has 1 nitrogen and oxygen atoms in total. The number of pyridine rings is 1. The number of rotatable bonds is 2. The maximum atomic E-state index is 2.08. The van der Waals surface area contributed by atoms with Gasteiger partial charge in [0.2, 0.25) is 0 Å². The van der Waals surface area contributed by atoms with Gasteiger partial charge in [-0.3, -0.25) is 0 Å². The molecule has 0 saturated heterocycles. The summed E-state index contributed by atoms with van der Waals surface area (Å²) in [6.45, 7) is 0. The van der Waals surface area contributed by atoms with E-state index in [1.165, 1.54) is 5.56 Å². The van der Waals surface area contributed by atoms with E-state index < -0.39 is 0 Å². The lowest BCUT2D eigenvalue weighted by molar-refractivity contribution is -0.567. The van der Waals surface area contributed by atoms with Crippen molar-refractivity contribution in [1.29, 1.82) is 0 Å². The molecular formula is C13H14Cl2N+. The van der Waals surface area contributed by atoms with E-state index >= 15 is 0 Å². The molecule has 0 radical (unpaired) electrons. The molecule has 0 bridgehead atoms. The average Bonchev–Trinajstić information content (AvgIpc) is 2.29. The third-order valence-electron chi connectivity index (χ3n) is 1.98. The maximum absolute atomic E-state index is 2.08. The van der Waals surface area contributed by atoms with E-state index in [4.69, 9.17) is 0 Å². The molecule has 1 heterocycles. The minimum Gasteiger partial charge on any atom is -0.174 e.